The molecule has 4 heteroatoms. The third-order valence-corrected chi connectivity index (χ3v) is 2.44. The SMILES string of the molecule is CCCCn1nnc2cc(OC)ccc21. The molecule has 15 heavy (non-hydrogen) atoms. The van der Waals surface area contributed by atoms with Crippen molar-refractivity contribution in [2.24, 2.45) is 0 Å². The highest BCUT2D eigenvalue weighted by Crippen LogP contribution is 2.18. The first-order chi connectivity index (χ1) is 7.35. The van der Waals surface area contributed by atoms with Gasteiger partial charge in [-0.05, 0) is 18.6 Å². The molecule has 0 fully saturated rings. The van der Waals surface area contributed by atoms with E-state index >= 15 is 0 Å². The van der Waals surface area contributed by atoms with Crippen LogP contribution in [0.4, 0.5) is 0 Å². The maximum atomic E-state index is 5.14. The molecule has 0 saturated carbocycles. The molecule has 0 aliphatic rings. The zero-order valence-corrected chi connectivity index (χ0v) is 9.10. The van der Waals surface area contributed by atoms with E-state index in [9.17, 15) is 0 Å². The zero-order chi connectivity index (χ0) is 10.7. The first-order valence-corrected chi connectivity index (χ1v) is 5.22. The molecule has 0 radical (unpaired) electrons. The van der Waals surface area contributed by atoms with E-state index in [1.807, 2.05) is 22.9 Å². The van der Waals surface area contributed by atoms with Gasteiger partial charge >= 0.3 is 0 Å². The van der Waals surface area contributed by atoms with Gasteiger partial charge in [-0.1, -0.05) is 18.6 Å². The van der Waals surface area contributed by atoms with Crippen molar-refractivity contribution in [2.75, 3.05) is 7.11 Å². The number of ether oxygens (including phenoxy) is 1. The van der Waals surface area contributed by atoms with E-state index < -0.39 is 0 Å². The van der Waals surface area contributed by atoms with E-state index in [2.05, 4.69) is 17.2 Å². The fraction of sp³-hybridized carbons (Fsp3) is 0.455. The van der Waals surface area contributed by atoms with Crippen LogP contribution in [0.25, 0.3) is 11.0 Å². The molecule has 0 amide bonds. The number of aryl methyl sites for hydroxylation is 1. The highest BCUT2D eigenvalue weighted by Gasteiger charge is 2.04. The maximum Gasteiger partial charge on any atom is 0.121 e. The Hall–Kier alpha value is -1.58. The minimum atomic E-state index is 0.824. The van der Waals surface area contributed by atoms with Crippen LogP contribution < -0.4 is 4.74 Å². The Labute approximate surface area is 88.8 Å². The summed E-state index contributed by atoms with van der Waals surface area (Å²) in [6, 6.07) is 5.85. The number of nitrogens with zero attached hydrogens (tertiary/aromatic N) is 3. The van der Waals surface area contributed by atoms with Crippen LogP contribution in [-0.2, 0) is 6.54 Å². The highest BCUT2D eigenvalue weighted by molar-refractivity contribution is 5.75. The smallest absolute Gasteiger partial charge is 0.121 e. The van der Waals surface area contributed by atoms with Crippen LogP contribution in [0.5, 0.6) is 5.75 Å². The van der Waals surface area contributed by atoms with E-state index in [0.717, 1.165) is 36.2 Å². The maximum absolute atomic E-state index is 5.14. The molecule has 0 unspecified atom stereocenters. The van der Waals surface area contributed by atoms with Gasteiger partial charge in [0.25, 0.3) is 0 Å². The largest absolute Gasteiger partial charge is 0.497 e. The lowest BCUT2D eigenvalue weighted by Gasteiger charge is -2.01. The molecule has 0 spiro atoms. The molecule has 1 aromatic carbocycles. The first kappa shape index (κ1) is 9.96. The van der Waals surface area contributed by atoms with Crippen LogP contribution >= 0.6 is 0 Å². The second kappa shape index (κ2) is 4.29. The Balaban J connectivity index is 2.34. The quantitative estimate of drug-likeness (QED) is 0.768. The molecule has 1 heterocycles. The van der Waals surface area contributed by atoms with E-state index in [4.69, 9.17) is 4.74 Å². The fourth-order valence-corrected chi connectivity index (χ4v) is 1.55. The van der Waals surface area contributed by atoms with Crippen LogP contribution in [-0.4, -0.2) is 22.1 Å². The van der Waals surface area contributed by atoms with E-state index in [0.29, 0.717) is 0 Å². The van der Waals surface area contributed by atoms with Gasteiger partial charge in [-0.3, -0.25) is 0 Å². The molecule has 0 bridgehead atoms. The number of unbranched alkanes of at least 4 members (excludes halogenated alkanes) is 1. The first-order valence-electron chi connectivity index (χ1n) is 5.22. The number of hydrogen-bond acceptors (Lipinski definition) is 3. The van der Waals surface area contributed by atoms with E-state index in [-0.39, 0.29) is 0 Å². The summed E-state index contributed by atoms with van der Waals surface area (Å²) in [6.45, 7) is 3.10. The molecule has 80 valence electrons. The lowest BCUT2D eigenvalue weighted by molar-refractivity contribution is 0.415. The number of benzene rings is 1. The average Bonchev–Trinajstić information content (AvgIpc) is 2.68. The molecule has 1 aromatic heterocycles. The number of fused-ring (bicyclic) bond motifs is 1. The zero-order valence-electron chi connectivity index (χ0n) is 9.10. The molecule has 0 aliphatic heterocycles. The molecule has 2 aromatic rings. The molecular weight excluding hydrogens is 190 g/mol. The predicted octanol–water partition coefficient (Wildman–Crippen LogP) is 2.24. The number of aromatic nitrogens is 3. The molecule has 2 rings (SSSR count). The summed E-state index contributed by atoms with van der Waals surface area (Å²) in [5.74, 6) is 0.824. The van der Waals surface area contributed by atoms with Crippen LogP contribution in [0, 0.1) is 0 Å². The number of hydrogen-bond donors (Lipinski definition) is 0. The van der Waals surface area contributed by atoms with E-state index in [1.165, 1.54) is 0 Å². The average molecular weight is 205 g/mol. The minimum absolute atomic E-state index is 0.824. The number of rotatable bonds is 4. The standard InChI is InChI=1S/C11H15N3O/c1-3-4-7-14-11-6-5-9(15-2)8-10(11)12-13-14/h5-6,8H,3-4,7H2,1-2H3. The predicted molar refractivity (Wildman–Crippen MR) is 59.0 cm³/mol. The van der Waals surface area contributed by atoms with Crippen molar-refractivity contribution in [1.82, 2.24) is 15.0 Å². The fourth-order valence-electron chi connectivity index (χ4n) is 1.55. The van der Waals surface area contributed by atoms with Crippen molar-refractivity contribution in [2.45, 2.75) is 26.3 Å². The lowest BCUT2D eigenvalue weighted by atomic mass is 10.3. The molecule has 0 atom stereocenters. The van der Waals surface area contributed by atoms with Gasteiger partial charge < -0.3 is 4.74 Å². The summed E-state index contributed by atoms with van der Waals surface area (Å²) in [5, 5.41) is 8.23. The lowest BCUT2D eigenvalue weighted by Crippen LogP contribution is -1.99. The minimum Gasteiger partial charge on any atom is -0.497 e. The second-order valence-corrected chi connectivity index (χ2v) is 3.52. The molecule has 0 aliphatic carbocycles. The van der Waals surface area contributed by atoms with Gasteiger partial charge in [0.05, 0.1) is 12.6 Å². The van der Waals surface area contributed by atoms with Gasteiger partial charge in [-0.25, -0.2) is 4.68 Å². The summed E-state index contributed by atoms with van der Waals surface area (Å²) < 4.78 is 7.08. The Bertz CT molecular complexity index is 450. The van der Waals surface area contributed by atoms with Crippen molar-refractivity contribution >= 4 is 11.0 Å². The normalized spacial score (nSPS) is 10.8. The molecule has 0 N–H and O–H groups in total. The Morgan fingerprint density at radius 1 is 1.40 bits per heavy atom. The Morgan fingerprint density at radius 2 is 2.27 bits per heavy atom. The highest BCUT2D eigenvalue weighted by atomic mass is 16.5. The van der Waals surface area contributed by atoms with Gasteiger partial charge in [-0.15, -0.1) is 5.10 Å². The summed E-state index contributed by atoms with van der Waals surface area (Å²) in [6.07, 6.45) is 2.29. The molecule has 4 nitrogen and oxygen atoms in total. The van der Waals surface area contributed by atoms with Crippen molar-refractivity contribution < 1.29 is 4.74 Å². The van der Waals surface area contributed by atoms with Gasteiger partial charge in [0.1, 0.15) is 11.3 Å². The van der Waals surface area contributed by atoms with Crippen LogP contribution in [0.2, 0.25) is 0 Å². The van der Waals surface area contributed by atoms with Crippen LogP contribution in [0.15, 0.2) is 18.2 Å². The van der Waals surface area contributed by atoms with Crippen LogP contribution in [0.1, 0.15) is 19.8 Å². The topological polar surface area (TPSA) is 39.9 Å². The Morgan fingerprint density at radius 3 is 3.00 bits per heavy atom. The van der Waals surface area contributed by atoms with Crippen molar-refractivity contribution in [3.8, 4) is 5.75 Å². The van der Waals surface area contributed by atoms with Gasteiger partial charge in [0.2, 0.25) is 0 Å². The molecular formula is C11H15N3O. The third-order valence-electron chi connectivity index (χ3n) is 2.44. The number of methoxy groups -OCH3 is 1. The van der Waals surface area contributed by atoms with Crippen molar-refractivity contribution in [3.05, 3.63) is 18.2 Å². The van der Waals surface area contributed by atoms with Gasteiger partial charge in [-0.2, -0.15) is 0 Å². The summed E-state index contributed by atoms with van der Waals surface area (Å²) in [5.41, 5.74) is 1.97. The van der Waals surface area contributed by atoms with E-state index in [1.54, 1.807) is 7.11 Å². The van der Waals surface area contributed by atoms with Crippen molar-refractivity contribution in [1.29, 1.82) is 0 Å². The monoisotopic (exact) mass is 205 g/mol. The van der Waals surface area contributed by atoms with Gasteiger partial charge in [0.15, 0.2) is 0 Å². The second-order valence-electron chi connectivity index (χ2n) is 3.52. The summed E-state index contributed by atoms with van der Waals surface area (Å²) in [7, 11) is 1.66. The third kappa shape index (κ3) is 1.93. The van der Waals surface area contributed by atoms with Gasteiger partial charge in [0, 0.05) is 12.6 Å². The van der Waals surface area contributed by atoms with Crippen LogP contribution in [0.3, 0.4) is 0 Å². The molecule has 0 saturated heterocycles. The summed E-state index contributed by atoms with van der Waals surface area (Å²) >= 11 is 0. The Kier molecular flexibility index (Phi) is 2.85. The summed E-state index contributed by atoms with van der Waals surface area (Å²) in [4.78, 5) is 0. The van der Waals surface area contributed by atoms with Crippen molar-refractivity contribution in [3.63, 3.8) is 0 Å².